The lowest BCUT2D eigenvalue weighted by atomic mass is 10.0. The fraction of sp³-hybridized carbons (Fsp3) is 0.167. The van der Waals surface area contributed by atoms with Crippen molar-refractivity contribution in [2.75, 3.05) is 5.32 Å². The molecular formula is C18H17N3O2. The van der Waals surface area contributed by atoms with Crippen LogP contribution in [0, 0.1) is 0 Å². The Morgan fingerprint density at radius 1 is 1.17 bits per heavy atom. The molecule has 0 aliphatic rings. The largest absolute Gasteiger partial charge is 0.507 e. The summed E-state index contributed by atoms with van der Waals surface area (Å²) in [4.78, 5) is 21.1. The maximum absolute atomic E-state index is 12.5. The summed E-state index contributed by atoms with van der Waals surface area (Å²) in [7, 11) is 0. The lowest BCUT2D eigenvalue weighted by molar-refractivity contribution is 0.103. The van der Waals surface area contributed by atoms with Gasteiger partial charge in [-0.3, -0.25) is 4.79 Å². The number of fused-ring (bicyclic) bond motifs is 1. The molecule has 116 valence electrons. The predicted octanol–water partition coefficient (Wildman–Crippen LogP) is 3.39. The van der Waals surface area contributed by atoms with Crippen LogP contribution in [0.2, 0.25) is 0 Å². The van der Waals surface area contributed by atoms with Crippen LogP contribution in [-0.2, 0) is 0 Å². The number of hydrogen-bond acceptors (Lipinski definition) is 5. The predicted molar refractivity (Wildman–Crippen MR) is 89.8 cm³/mol. The van der Waals surface area contributed by atoms with Gasteiger partial charge in [0.2, 0.25) is 5.95 Å². The van der Waals surface area contributed by atoms with E-state index in [-0.39, 0.29) is 23.1 Å². The molecule has 1 aromatic heterocycles. The number of phenolic OH excluding ortho intramolecular Hbond substituents is 1. The molecule has 2 N–H and O–H groups in total. The molecule has 0 spiro atoms. The van der Waals surface area contributed by atoms with E-state index < -0.39 is 0 Å². The van der Waals surface area contributed by atoms with E-state index in [1.54, 1.807) is 36.5 Å². The van der Waals surface area contributed by atoms with Crippen molar-refractivity contribution in [2.45, 2.75) is 19.9 Å². The summed E-state index contributed by atoms with van der Waals surface area (Å²) in [5.74, 6) is 0.184. The van der Waals surface area contributed by atoms with Crippen LogP contribution in [0.25, 0.3) is 10.9 Å². The standard InChI is InChI=1S/C18H17N3O2/c1-11(2)20-18-19-10-13-8-14(16(22)9-15(13)21-18)17(23)12-6-4-3-5-7-12/h3-11,22H,1-2H3,(H,19,20,21). The van der Waals surface area contributed by atoms with Gasteiger partial charge in [-0.1, -0.05) is 30.3 Å². The first-order valence-corrected chi connectivity index (χ1v) is 7.40. The Hall–Kier alpha value is -2.95. The lowest BCUT2D eigenvalue weighted by Crippen LogP contribution is -2.12. The van der Waals surface area contributed by atoms with Crippen molar-refractivity contribution in [3.8, 4) is 5.75 Å². The number of anilines is 1. The number of rotatable bonds is 4. The smallest absolute Gasteiger partial charge is 0.223 e. The molecule has 0 aliphatic heterocycles. The molecule has 0 bridgehead atoms. The lowest BCUT2D eigenvalue weighted by Gasteiger charge is -2.10. The first-order chi connectivity index (χ1) is 11.0. The highest BCUT2D eigenvalue weighted by atomic mass is 16.3. The van der Waals surface area contributed by atoms with Gasteiger partial charge in [-0.25, -0.2) is 9.97 Å². The zero-order valence-corrected chi connectivity index (χ0v) is 12.9. The van der Waals surface area contributed by atoms with Crippen LogP contribution in [-0.4, -0.2) is 26.9 Å². The van der Waals surface area contributed by atoms with Crippen molar-refractivity contribution in [1.82, 2.24) is 9.97 Å². The summed E-state index contributed by atoms with van der Waals surface area (Å²) in [5, 5.41) is 14.0. The average Bonchev–Trinajstić information content (AvgIpc) is 2.54. The van der Waals surface area contributed by atoms with Gasteiger partial charge in [-0.2, -0.15) is 0 Å². The Kier molecular flexibility index (Phi) is 3.93. The van der Waals surface area contributed by atoms with Gasteiger partial charge in [0, 0.05) is 29.3 Å². The molecular weight excluding hydrogens is 290 g/mol. The number of ketones is 1. The van der Waals surface area contributed by atoms with Gasteiger partial charge in [0.1, 0.15) is 5.75 Å². The molecule has 0 saturated heterocycles. The Morgan fingerprint density at radius 2 is 1.91 bits per heavy atom. The molecule has 0 fully saturated rings. The van der Waals surface area contributed by atoms with Gasteiger partial charge in [0.25, 0.3) is 0 Å². The van der Waals surface area contributed by atoms with Crippen molar-refractivity contribution in [2.24, 2.45) is 0 Å². The second-order valence-corrected chi connectivity index (χ2v) is 5.62. The highest BCUT2D eigenvalue weighted by Crippen LogP contribution is 2.26. The normalized spacial score (nSPS) is 10.9. The summed E-state index contributed by atoms with van der Waals surface area (Å²) < 4.78 is 0. The first kappa shape index (κ1) is 15.0. The number of phenols is 1. The first-order valence-electron chi connectivity index (χ1n) is 7.40. The van der Waals surface area contributed by atoms with E-state index in [0.29, 0.717) is 22.4 Å². The van der Waals surface area contributed by atoms with Crippen LogP contribution in [0.1, 0.15) is 29.8 Å². The third-order valence-corrected chi connectivity index (χ3v) is 3.40. The minimum Gasteiger partial charge on any atom is -0.507 e. The number of nitrogens with zero attached hydrogens (tertiary/aromatic N) is 2. The second-order valence-electron chi connectivity index (χ2n) is 5.62. The summed E-state index contributed by atoms with van der Waals surface area (Å²) in [6.45, 7) is 3.99. The molecule has 0 amide bonds. The molecule has 3 aromatic rings. The maximum Gasteiger partial charge on any atom is 0.223 e. The minimum atomic E-state index is -0.227. The molecule has 3 rings (SSSR count). The maximum atomic E-state index is 12.5. The number of carbonyl (C=O) groups excluding carboxylic acids is 1. The molecule has 1 heterocycles. The number of aromatic nitrogens is 2. The van der Waals surface area contributed by atoms with Crippen molar-refractivity contribution >= 4 is 22.6 Å². The third-order valence-electron chi connectivity index (χ3n) is 3.40. The molecule has 0 saturated carbocycles. The van der Waals surface area contributed by atoms with Crippen molar-refractivity contribution in [1.29, 1.82) is 0 Å². The van der Waals surface area contributed by atoms with E-state index in [0.717, 1.165) is 0 Å². The molecule has 0 radical (unpaired) electrons. The number of nitrogens with one attached hydrogen (secondary N) is 1. The average molecular weight is 307 g/mol. The van der Waals surface area contributed by atoms with E-state index in [1.807, 2.05) is 19.9 Å². The fourth-order valence-electron chi connectivity index (χ4n) is 2.32. The van der Waals surface area contributed by atoms with Gasteiger partial charge in [0.15, 0.2) is 5.78 Å². The van der Waals surface area contributed by atoms with Crippen molar-refractivity contribution in [3.63, 3.8) is 0 Å². The van der Waals surface area contributed by atoms with Crippen LogP contribution >= 0.6 is 0 Å². The summed E-state index contributed by atoms with van der Waals surface area (Å²) in [6.07, 6.45) is 1.65. The van der Waals surface area contributed by atoms with Gasteiger partial charge in [-0.15, -0.1) is 0 Å². The highest BCUT2D eigenvalue weighted by Gasteiger charge is 2.15. The van der Waals surface area contributed by atoms with E-state index in [9.17, 15) is 9.90 Å². The highest BCUT2D eigenvalue weighted by molar-refractivity contribution is 6.12. The quantitative estimate of drug-likeness (QED) is 0.723. The van der Waals surface area contributed by atoms with Crippen LogP contribution < -0.4 is 5.32 Å². The van der Waals surface area contributed by atoms with Crippen LogP contribution in [0.4, 0.5) is 5.95 Å². The number of hydrogen-bond donors (Lipinski definition) is 2. The molecule has 5 nitrogen and oxygen atoms in total. The van der Waals surface area contributed by atoms with Gasteiger partial charge in [-0.05, 0) is 19.9 Å². The second kappa shape index (κ2) is 6.04. The third kappa shape index (κ3) is 3.13. The van der Waals surface area contributed by atoms with Crippen molar-refractivity contribution < 1.29 is 9.90 Å². The Balaban J connectivity index is 2.03. The zero-order valence-electron chi connectivity index (χ0n) is 12.9. The van der Waals surface area contributed by atoms with E-state index in [4.69, 9.17) is 0 Å². The molecule has 23 heavy (non-hydrogen) atoms. The van der Waals surface area contributed by atoms with E-state index >= 15 is 0 Å². The summed E-state index contributed by atoms with van der Waals surface area (Å²) >= 11 is 0. The Bertz CT molecular complexity index is 861. The molecule has 0 unspecified atom stereocenters. The van der Waals surface area contributed by atoms with Crippen LogP contribution in [0.5, 0.6) is 5.75 Å². The molecule has 2 aromatic carbocycles. The number of aromatic hydroxyl groups is 1. The van der Waals surface area contributed by atoms with Gasteiger partial charge in [0.05, 0.1) is 11.1 Å². The Labute approximate surface area is 134 Å². The Morgan fingerprint density at radius 3 is 2.61 bits per heavy atom. The molecule has 0 atom stereocenters. The SMILES string of the molecule is CC(C)Nc1ncc2cc(C(=O)c3ccccc3)c(O)cc2n1. The zero-order chi connectivity index (χ0) is 16.4. The van der Waals surface area contributed by atoms with E-state index in [1.165, 1.54) is 6.07 Å². The molecule has 5 heteroatoms. The monoisotopic (exact) mass is 307 g/mol. The van der Waals surface area contributed by atoms with Gasteiger partial charge >= 0.3 is 0 Å². The fourth-order valence-corrected chi connectivity index (χ4v) is 2.32. The molecule has 0 aliphatic carbocycles. The summed E-state index contributed by atoms with van der Waals surface area (Å²) in [6, 6.07) is 12.2. The summed E-state index contributed by atoms with van der Waals surface area (Å²) in [5.41, 5.74) is 1.36. The number of carbonyl (C=O) groups is 1. The van der Waals surface area contributed by atoms with E-state index in [2.05, 4.69) is 15.3 Å². The van der Waals surface area contributed by atoms with Crippen molar-refractivity contribution in [3.05, 3.63) is 59.8 Å². The number of benzene rings is 2. The van der Waals surface area contributed by atoms with Crippen LogP contribution in [0.15, 0.2) is 48.7 Å². The van der Waals surface area contributed by atoms with Crippen LogP contribution in [0.3, 0.4) is 0 Å². The topological polar surface area (TPSA) is 75.1 Å². The van der Waals surface area contributed by atoms with Gasteiger partial charge < -0.3 is 10.4 Å². The minimum absolute atomic E-state index is 0.0828.